The molecule has 2 aromatic carbocycles. The van der Waals surface area contributed by atoms with Crippen molar-refractivity contribution in [1.82, 2.24) is 0 Å². The number of amidine groups is 1. The van der Waals surface area contributed by atoms with Crippen molar-refractivity contribution in [1.29, 1.82) is 5.41 Å². The molecule has 17 heavy (non-hydrogen) atoms. The average Bonchev–Trinajstić information content (AvgIpc) is 2.35. The third-order valence-electron chi connectivity index (χ3n) is 2.79. The highest BCUT2D eigenvalue weighted by Gasteiger charge is 2.11. The van der Waals surface area contributed by atoms with Gasteiger partial charge in [0.2, 0.25) is 0 Å². The number of hydrogen-bond donors (Lipinski definition) is 2. The zero-order chi connectivity index (χ0) is 12.3. The summed E-state index contributed by atoms with van der Waals surface area (Å²) in [7, 11) is 0. The van der Waals surface area contributed by atoms with E-state index in [-0.39, 0.29) is 10.4 Å². The summed E-state index contributed by atoms with van der Waals surface area (Å²) < 4.78 is 0. The zero-order valence-electron chi connectivity index (χ0n) is 9.81. The highest BCUT2D eigenvalue weighted by atomic mass is 32.2. The second-order valence-corrected chi connectivity index (χ2v) is 5.23. The van der Waals surface area contributed by atoms with Crippen LogP contribution >= 0.6 is 11.8 Å². The monoisotopic (exact) mass is 244 g/mol. The summed E-state index contributed by atoms with van der Waals surface area (Å²) >= 11 is 1.42. The Morgan fingerprint density at radius 2 is 1.94 bits per heavy atom. The molecule has 0 aliphatic rings. The lowest BCUT2D eigenvalue weighted by Gasteiger charge is -2.14. The quantitative estimate of drug-likeness (QED) is 0.635. The van der Waals surface area contributed by atoms with E-state index in [0.717, 1.165) is 6.42 Å². The van der Waals surface area contributed by atoms with Crippen molar-refractivity contribution in [3.63, 3.8) is 0 Å². The first kappa shape index (κ1) is 12.0. The molecule has 1 atom stereocenters. The summed E-state index contributed by atoms with van der Waals surface area (Å²) in [5.74, 6) is 0. The summed E-state index contributed by atoms with van der Waals surface area (Å²) in [5.41, 5.74) is 6.71. The number of nitrogens with two attached hydrogens (primary N) is 1. The fourth-order valence-electron chi connectivity index (χ4n) is 1.95. The topological polar surface area (TPSA) is 49.9 Å². The van der Waals surface area contributed by atoms with Gasteiger partial charge in [0.15, 0.2) is 5.17 Å². The molecule has 0 bridgehead atoms. The number of thioether (sulfide) groups is 1. The molecule has 0 fully saturated rings. The van der Waals surface area contributed by atoms with E-state index in [1.807, 2.05) is 12.1 Å². The van der Waals surface area contributed by atoms with Crippen LogP contribution in [0.1, 0.15) is 24.2 Å². The van der Waals surface area contributed by atoms with Gasteiger partial charge in [0.05, 0.1) is 0 Å². The van der Waals surface area contributed by atoms with Crippen LogP contribution in [0.4, 0.5) is 0 Å². The molecule has 2 nitrogen and oxygen atoms in total. The average molecular weight is 244 g/mol. The second-order valence-electron chi connectivity index (χ2n) is 3.99. The number of hydrogen-bond acceptors (Lipinski definition) is 2. The van der Waals surface area contributed by atoms with Gasteiger partial charge < -0.3 is 5.73 Å². The smallest absolute Gasteiger partial charge is 0.151 e. The van der Waals surface area contributed by atoms with Crippen molar-refractivity contribution >= 4 is 27.7 Å². The predicted molar refractivity (Wildman–Crippen MR) is 76.5 cm³/mol. The molecule has 2 rings (SSSR count). The molecule has 0 saturated heterocycles. The van der Waals surface area contributed by atoms with E-state index >= 15 is 0 Å². The molecule has 2 aromatic rings. The minimum atomic E-state index is 0.185. The Morgan fingerprint density at radius 3 is 2.59 bits per heavy atom. The van der Waals surface area contributed by atoms with Crippen LogP contribution < -0.4 is 5.73 Å². The number of benzene rings is 2. The molecule has 0 aliphatic heterocycles. The van der Waals surface area contributed by atoms with Crippen molar-refractivity contribution in [3.05, 3.63) is 48.0 Å². The van der Waals surface area contributed by atoms with Crippen LogP contribution in [0.15, 0.2) is 42.5 Å². The van der Waals surface area contributed by atoms with Crippen molar-refractivity contribution in [2.75, 3.05) is 0 Å². The Labute approximate surface area is 106 Å². The number of nitrogens with one attached hydrogen (secondary N) is 1. The Morgan fingerprint density at radius 1 is 1.24 bits per heavy atom. The first-order valence-corrected chi connectivity index (χ1v) is 6.58. The van der Waals surface area contributed by atoms with Crippen molar-refractivity contribution < 1.29 is 0 Å². The highest BCUT2D eigenvalue weighted by Crippen LogP contribution is 2.33. The first-order chi connectivity index (χ1) is 8.20. The Balaban J connectivity index is 2.37. The van der Waals surface area contributed by atoms with Crippen LogP contribution in [0, 0.1) is 5.41 Å². The van der Waals surface area contributed by atoms with E-state index in [1.54, 1.807) is 0 Å². The third kappa shape index (κ3) is 2.80. The van der Waals surface area contributed by atoms with Crippen molar-refractivity contribution in [2.24, 2.45) is 5.73 Å². The summed E-state index contributed by atoms with van der Waals surface area (Å²) in [6, 6.07) is 14.8. The van der Waals surface area contributed by atoms with Crippen LogP contribution in [0.3, 0.4) is 0 Å². The Kier molecular flexibility index (Phi) is 3.69. The van der Waals surface area contributed by atoms with Gasteiger partial charge in [-0.15, -0.1) is 0 Å². The minimum absolute atomic E-state index is 0.185. The molecule has 0 aliphatic carbocycles. The molecular formula is C14H16N2S. The molecule has 0 spiro atoms. The van der Waals surface area contributed by atoms with Gasteiger partial charge in [-0.25, -0.2) is 0 Å². The lowest BCUT2D eigenvalue weighted by atomic mass is 10.0. The third-order valence-corrected chi connectivity index (χ3v) is 3.93. The van der Waals surface area contributed by atoms with Gasteiger partial charge in [-0.2, -0.15) is 0 Å². The van der Waals surface area contributed by atoms with Crippen LogP contribution in [0.2, 0.25) is 0 Å². The van der Waals surface area contributed by atoms with Gasteiger partial charge in [-0.05, 0) is 22.8 Å². The summed E-state index contributed by atoms with van der Waals surface area (Å²) in [6.07, 6.45) is 0.975. The highest BCUT2D eigenvalue weighted by molar-refractivity contribution is 8.13. The van der Waals surface area contributed by atoms with E-state index in [0.29, 0.717) is 0 Å². The Hall–Kier alpha value is -1.48. The zero-order valence-corrected chi connectivity index (χ0v) is 10.6. The normalized spacial score (nSPS) is 12.5. The lowest BCUT2D eigenvalue weighted by molar-refractivity contribution is 0.901. The molecule has 1 unspecified atom stereocenters. The second kappa shape index (κ2) is 5.23. The molecule has 3 N–H and O–H groups in total. The molecule has 0 radical (unpaired) electrons. The number of rotatable bonds is 3. The fourth-order valence-corrected chi connectivity index (χ4v) is 2.70. The first-order valence-electron chi connectivity index (χ1n) is 5.70. The molecular weight excluding hydrogens is 228 g/mol. The van der Waals surface area contributed by atoms with Crippen LogP contribution in [0.5, 0.6) is 0 Å². The van der Waals surface area contributed by atoms with Crippen LogP contribution in [-0.2, 0) is 0 Å². The van der Waals surface area contributed by atoms with Gasteiger partial charge in [0, 0.05) is 5.25 Å². The van der Waals surface area contributed by atoms with Crippen molar-refractivity contribution in [3.8, 4) is 0 Å². The van der Waals surface area contributed by atoms with Crippen LogP contribution in [-0.4, -0.2) is 5.17 Å². The maximum atomic E-state index is 7.38. The van der Waals surface area contributed by atoms with Gasteiger partial charge in [0.1, 0.15) is 0 Å². The van der Waals surface area contributed by atoms with Crippen LogP contribution in [0.25, 0.3) is 10.8 Å². The standard InChI is InChI=1S/C14H16N2S/c1-2-13(17-14(15)16)12-8-7-10-5-3-4-6-11(10)9-12/h3-9,13H,2H2,1H3,(H3,15,16). The number of fused-ring (bicyclic) bond motifs is 1. The Bertz CT molecular complexity index is 536. The molecule has 0 saturated carbocycles. The van der Waals surface area contributed by atoms with E-state index in [4.69, 9.17) is 11.1 Å². The van der Waals surface area contributed by atoms with Gasteiger partial charge in [0.25, 0.3) is 0 Å². The van der Waals surface area contributed by atoms with Crippen molar-refractivity contribution in [2.45, 2.75) is 18.6 Å². The van der Waals surface area contributed by atoms with Gasteiger partial charge in [-0.1, -0.05) is 61.2 Å². The largest absolute Gasteiger partial charge is 0.379 e. The molecule has 3 heteroatoms. The summed E-state index contributed by atoms with van der Waals surface area (Å²) in [6.45, 7) is 2.12. The molecule has 88 valence electrons. The van der Waals surface area contributed by atoms with Gasteiger partial charge in [-0.3, -0.25) is 5.41 Å². The minimum Gasteiger partial charge on any atom is -0.379 e. The predicted octanol–water partition coefficient (Wildman–Crippen LogP) is 3.92. The maximum absolute atomic E-state index is 7.38. The van der Waals surface area contributed by atoms with E-state index < -0.39 is 0 Å². The summed E-state index contributed by atoms with van der Waals surface area (Å²) in [4.78, 5) is 0. The molecule has 0 amide bonds. The maximum Gasteiger partial charge on any atom is 0.151 e. The van der Waals surface area contributed by atoms with E-state index in [1.165, 1.54) is 28.1 Å². The van der Waals surface area contributed by atoms with E-state index in [2.05, 4.69) is 37.3 Å². The SMILES string of the molecule is CCC(SC(=N)N)c1ccc2ccccc2c1. The van der Waals surface area contributed by atoms with E-state index in [9.17, 15) is 0 Å². The van der Waals surface area contributed by atoms with Gasteiger partial charge >= 0.3 is 0 Å². The lowest BCUT2D eigenvalue weighted by Crippen LogP contribution is -2.07. The summed E-state index contributed by atoms with van der Waals surface area (Å²) in [5, 5.41) is 10.3. The fraction of sp³-hybridized carbons (Fsp3) is 0.214. The molecule has 0 aromatic heterocycles. The molecule has 0 heterocycles.